The quantitative estimate of drug-likeness (QED) is 0.307. The van der Waals surface area contributed by atoms with E-state index in [-0.39, 0.29) is 0 Å². The van der Waals surface area contributed by atoms with Crippen LogP contribution in [0.4, 0.5) is 0 Å². The van der Waals surface area contributed by atoms with Gasteiger partial charge in [0.05, 0.1) is 0 Å². The van der Waals surface area contributed by atoms with Gasteiger partial charge in [-0.25, -0.2) is 0 Å². The summed E-state index contributed by atoms with van der Waals surface area (Å²) in [4.78, 5) is 3.42. The monoisotopic (exact) mass is 83.0 g/mol. The summed E-state index contributed by atoms with van der Waals surface area (Å²) in [5.74, 6) is 10.00. The van der Waals surface area contributed by atoms with Gasteiger partial charge in [-0.2, -0.15) is 0 Å². The molecule has 0 spiro atoms. The molecule has 2 heteroatoms. The van der Waals surface area contributed by atoms with Crippen LogP contribution in [0.25, 0.3) is 0 Å². The first-order valence-electron chi connectivity index (χ1n) is 1.70. The van der Waals surface area contributed by atoms with Crippen LogP contribution in [0.3, 0.4) is 0 Å². The fourth-order valence-corrected chi connectivity index (χ4v) is 0.104. The van der Waals surface area contributed by atoms with Crippen LogP contribution >= 0.6 is 0 Å². The van der Waals surface area contributed by atoms with E-state index in [1.165, 1.54) is 0 Å². The van der Waals surface area contributed by atoms with Gasteiger partial charge in [-0.15, -0.1) is 0 Å². The first-order chi connectivity index (χ1) is 2.91. The van der Waals surface area contributed by atoms with Crippen molar-refractivity contribution in [1.82, 2.24) is 5.90 Å². The molecule has 0 aliphatic heterocycles. The van der Waals surface area contributed by atoms with Crippen molar-refractivity contribution in [3.05, 3.63) is 0 Å². The van der Waals surface area contributed by atoms with Gasteiger partial charge in [0.1, 0.15) is 12.0 Å². The molecule has 0 aromatic heterocycles. The molecule has 2 radical (unpaired) electrons. The van der Waals surface area contributed by atoms with Gasteiger partial charge < -0.3 is 4.84 Å². The highest BCUT2D eigenvalue weighted by Crippen LogP contribution is 1.64. The molecule has 0 rings (SSSR count). The van der Waals surface area contributed by atoms with Gasteiger partial charge in [0, 0.05) is 6.42 Å². The third-order valence-corrected chi connectivity index (χ3v) is 0.295. The zero-order valence-corrected chi connectivity index (χ0v) is 3.56. The summed E-state index contributed by atoms with van der Waals surface area (Å²) in [6, 6.07) is 0. The summed E-state index contributed by atoms with van der Waals surface area (Å²) in [5.41, 5.74) is 0. The maximum Gasteiger partial charge on any atom is 0.142 e. The minimum Gasteiger partial charge on any atom is -0.313 e. The van der Waals surface area contributed by atoms with Crippen molar-refractivity contribution in [3.8, 4) is 12.0 Å². The molecule has 0 amide bonds. The molecular formula is C4H5NO. The van der Waals surface area contributed by atoms with Crippen LogP contribution in [0.1, 0.15) is 13.3 Å². The van der Waals surface area contributed by atoms with E-state index in [1.54, 1.807) is 0 Å². The molecule has 0 bridgehead atoms. The molecule has 0 fully saturated rings. The fraction of sp³-hybridized carbons (Fsp3) is 0.500. The predicted octanol–water partition coefficient (Wildman–Crippen LogP) is 0.358. The molecule has 0 aliphatic carbocycles. The Morgan fingerprint density at radius 2 is 2.50 bits per heavy atom. The van der Waals surface area contributed by atoms with Crippen molar-refractivity contribution < 1.29 is 4.84 Å². The van der Waals surface area contributed by atoms with Gasteiger partial charge in [0.25, 0.3) is 0 Å². The molecule has 32 valence electrons. The van der Waals surface area contributed by atoms with Crippen LogP contribution in [0.5, 0.6) is 0 Å². The van der Waals surface area contributed by atoms with Crippen LogP contribution in [0, 0.1) is 12.0 Å². The van der Waals surface area contributed by atoms with Crippen LogP contribution in [0.2, 0.25) is 0 Å². The van der Waals surface area contributed by atoms with Crippen LogP contribution in [-0.4, -0.2) is 0 Å². The third kappa shape index (κ3) is 3.32. The van der Waals surface area contributed by atoms with E-state index in [0.717, 1.165) is 0 Å². The Kier molecular flexibility index (Phi) is 3.83. The summed E-state index contributed by atoms with van der Waals surface area (Å²) in [7, 11) is 0. The summed E-state index contributed by atoms with van der Waals surface area (Å²) in [6.07, 6.45) is 2.71. The second kappa shape index (κ2) is 4.32. The smallest absolute Gasteiger partial charge is 0.142 e. The molecule has 6 heavy (non-hydrogen) atoms. The third-order valence-electron chi connectivity index (χ3n) is 0.295. The zero-order chi connectivity index (χ0) is 4.83. The van der Waals surface area contributed by atoms with Gasteiger partial charge in [-0.05, 0) is 0 Å². The number of hydrogen-bond donors (Lipinski definition) is 0. The van der Waals surface area contributed by atoms with E-state index in [2.05, 4.69) is 10.8 Å². The van der Waals surface area contributed by atoms with Crippen molar-refractivity contribution in [2.24, 2.45) is 0 Å². The predicted molar refractivity (Wildman–Crippen MR) is 21.3 cm³/mol. The number of hydrogen-bond acceptors (Lipinski definition) is 1. The first-order valence-corrected chi connectivity index (χ1v) is 1.70. The molecule has 0 saturated heterocycles. The Bertz CT molecular complexity index is 61.4. The highest BCUT2D eigenvalue weighted by molar-refractivity contribution is 4.88. The van der Waals surface area contributed by atoms with Crippen molar-refractivity contribution >= 4 is 0 Å². The molecule has 0 aliphatic rings. The van der Waals surface area contributed by atoms with Gasteiger partial charge in [0.2, 0.25) is 0 Å². The average molecular weight is 83.1 g/mol. The Labute approximate surface area is 37.2 Å². The Hall–Kier alpha value is -0.680. The summed E-state index contributed by atoms with van der Waals surface area (Å²) in [6.45, 7) is 1.87. The average Bonchev–Trinajstić information content (AvgIpc) is 1.61. The first kappa shape index (κ1) is 5.32. The van der Waals surface area contributed by atoms with Gasteiger partial charge in [-0.1, -0.05) is 12.8 Å². The lowest BCUT2D eigenvalue weighted by Gasteiger charge is -1.66. The van der Waals surface area contributed by atoms with E-state index in [4.69, 9.17) is 5.90 Å². The standard InChI is InChI=1S/C4H5NO/c1-2-3-4-6-5/h2H2,1H3. The van der Waals surface area contributed by atoms with E-state index < -0.39 is 0 Å². The minimum absolute atomic E-state index is 0.709. The highest BCUT2D eigenvalue weighted by Gasteiger charge is 1.57. The maximum atomic E-state index is 7.52. The lowest BCUT2D eigenvalue weighted by Crippen LogP contribution is -1.67. The van der Waals surface area contributed by atoms with Gasteiger partial charge in [0.15, 0.2) is 0 Å². The summed E-state index contributed by atoms with van der Waals surface area (Å²) in [5, 5.41) is 0. The lowest BCUT2D eigenvalue weighted by molar-refractivity contribution is 0.266. The zero-order valence-electron chi connectivity index (χ0n) is 3.56. The molecule has 0 heterocycles. The lowest BCUT2D eigenvalue weighted by atomic mass is 10.5. The normalized spacial score (nSPS) is 5.67. The molecule has 0 aromatic carbocycles. The van der Waals surface area contributed by atoms with Crippen LogP contribution in [-0.2, 0) is 4.84 Å². The van der Waals surface area contributed by atoms with Gasteiger partial charge in [-0.3, -0.25) is 0 Å². The molecule has 0 aromatic rings. The second-order valence-electron chi connectivity index (χ2n) is 0.724. The Morgan fingerprint density at radius 1 is 1.83 bits per heavy atom. The SMILES string of the molecule is CCC#CO[N]. The fourth-order valence-electron chi connectivity index (χ4n) is 0.104. The Morgan fingerprint density at radius 3 is 2.67 bits per heavy atom. The van der Waals surface area contributed by atoms with Crippen LogP contribution < -0.4 is 5.90 Å². The minimum atomic E-state index is 0.709. The topological polar surface area (TPSA) is 31.5 Å². The summed E-state index contributed by atoms with van der Waals surface area (Å²) < 4.78 is 0. The molecule has 0 saturated carbocycles. The van der Waals surface area contributed by atoms with E-state index >= 15 is 0 Å². The van der Waals surface area contributed by atoms with Crippen molar-refractivity contribution in [1.29, 1.82) is 0 Å². The number of nitrogens with zero attached hydrogens (tertiary/aromatic N) is 1. The van der Waals surface area contributed by atoms with Crippen molar-refractivity contribution in [3.63, 3.8) is 0 Å². The largest absolute Gasteiger partial charge is 0.313 e. The van der Waals surface area contributed by atoms with Crippen LogP contribution in [0.15, 0.2) is 0 Å². The van der Waals surface area contributed by atoms with Crippen molar-refractivity contribution in [2.45, 2.75) is 13.3 Å². The maximum absolute atomic E-state index is 7.52. The van der Waals surface area contributed by atoms with E-state index in [9.17, 15) is 0 Å². The van der Waals surface area contributed by atoms with E-state index in [0.29, 0.717) is 6.42 Å². The molecular weight excluding hydrogens is 78.0 g/mol. The number of rotatable bonds is 0. The molecule has 0 atom stereocenters. The Balaban J connectivity index is 2.90. The molecule has 0 unspecified atom stereocenters. The highest BCUT2D eigenvalue weighted by atomic mass is 16.6. The molecule has 2 nitrogen and oxygen atoms in total. The van der Waals surface area contributed by atoms with E-state index in [1.807, 2.05) is 13.0 Å². The summed E-state index contributed by atoms with van der Waals surface area (Å²) >= 11 is 0. The second-order valence-corrected chi connectivity index (χ2v) is 0.724. The molecule has 0 N–H and O–H groups in total. The van der Waals surface area contributed by atoms with Gasteiger partial charge >= 0.3 is 0 Å². The van der Waals surface area contributed by atoms with Crippen molar-refractivity contribution in [2.75, 3.05) is 0 Å².